The number of hydrogen-bond acceptors (Lipinski definition) is 4. The Bertz CT molecular complexity index is 641. The van der Waals surface area contributed by atoms with Crippen LogP contribution >= 0.6 is 11.3 Å². The second-order valence-corrected chi connectivity index (χ2v) is 5.70. The Labute approximate surface area is 127 Å². The third-order valence-corrected chi connectivity index (χ3v) is 3.83. The molecule has 0 aliphatic heterocycles. The molecule has 0 saturated carbocycles. The van der Waals surface area contributed by atoms with Crippen LogP contribution < -0.4 is 0 Å². The van der Waals surface area contributed by atoms with Crippen molar-refractivity contribution >= 4 is 21.7 Å². The van der Waals surface area contributed by atoms with Crippen molar-refractivity contribution in [2.45, 2.75) is 38.5 Å². The first-order chi connectivity index (χ1) is 10.3. The number of fused-ring (bicyclic) bond motifs is 1. The maximum absolute atomic E-state index is 13.3. The molecule has 2 aromatic heterocycles. The molecule has 0 N–H and O–H groups in total. The van der Waals surface area contributed by atoms with Gasteiger partial charge in [0.2, 0.25) is 0 Å². The van der Waals surface area contributed by atoms with Crippen molar-refractivity contribution in [1.82, 2.24) is 9.97 Å². The molecule has 0 unspecified atom stereocenters. The Kier molecular flexibility index (Phi) is 4.96. The summed E-state index contributed by atoms with van der Waals surface area (Å²) in [5.41, 5.74) is -1.20. The molecule has 0 bridgehead atoms. The number of alkyl halides is 5. The molecule has 0 aliphatic rings. The van der Waals surface area contributed by atoms with Crippen molar-refractivity contribution in [2.24, 2.45) is 0 Å². The standard InChI is InChI=1S/C13H13F5N2OS/c1-2-3-4-21-7-10-20-9-5-8(6-19-11(9)22-10)12(14,15)13(16,17)18/h5-6H,2-4,7H2,1H3. The zero-order valence-electron chi connectivity index (χ0n) is 11.6. The number of rotatable bonds is 6. The van der Waals surface area contributed by atoms with Crippen LogP contribution in [0.25, 0.3) is 10.3 Å². The van der Waals surface area contributed by atoms with Gasteiger partial charge in [-0.2, -0.15) is 22.0 Å². The summed E-state index contributed by atoms with van der Waals surface area (Å²) < 4.78 is 68.9. The number of nitrogens with zero attached hydrogens (tertiary/aromatic N) is 2. The van der Waals surface area contributed by atoms with E-state index in [1.807, 2.05) is 6.92 Å². The maximum Gasteiger partial charge on any atom is 0.458 e. The van der Waals surface area contributed by atoms with Gasteiger partial charge in [0.1, 0.15) is 15.4 Å². The Morgan fingerprint density at radius 3 is 2.59 bits per heavy atom. The Balaban J connectivity index is 2.21. The van der Waals surface area contributed by atoms with E-state index in [-0.39, 0.29) is 12.1 Å². The zero-order chi connectivity index (χ0) is 16.4. The molecule has 0 fully saturated rings. The summed E-state index contributed by atoms with van der Waals surface area (Å²) in [4.78, 5) is 7.95. The molecule has 9 heteroatoms. The number of unbranched alkanes of at least 4 members (excludes halogenated alkanes) is 1. The number of halogens is 5. The van der Waals surface area contributed by atoms with Crippen LogP contribution in [0.4, 0.5) is 22.0 Å². The van der Waals surface area contributed by atoms with Crippen molar-refractivity contribution < 1.29 is 26.7 Å². The molecule has 0 radical (unpaired) electrons. The van der Waals surface area contributed by atoms with Gasteiger partial charge in [-0.15, -0.1) is 0 Å². The first-order valence-corrected chi connectivity index (χ1v) is 7.35. The third kappa shape index (κ3) is 3.52. The summed E-state index contributed by atoms with van der Waals surface area (Å²) in [5, 5.41) is 0.492. The summed E-state index contributed by atoms with van der Waals surface area (Å²) in [6.45, 7) is 2.73. The monoisotopic (exact) mass is 340 g/mol. The average Bonchev–Trinajstić information content (AvgIpc) is 2.84. The molecule has 0 saturated heterocycles. The number of ether oxygens (including phenoxy) is 1. The quantitative estimate of drug-likeness (QED) is 0.566. The van der Waals surface area contributed by atoms with Crippen LogP contribution in [0.2, 0.25) is 0 Å². The van der Waals surface area contributed by atoms with Gasteiger partial charge < -0.3 is 4.74 Å². The van der Waals surface area contributed by atoms with Crippen LogP contribution in [-0.2, 0) is 17.3 Å². The van der Waals surface area contributed by atoms with Crippen molar-refractivity contribution in [1.29, 1.82) is 0 Å². The fourth-order valence-electron chi connectivity index (χ4n) is 1.67. The van der Waals surface area contributed by atoms with Gasteiger partial charge >= 0.3 is 12.1 Å². The normalized spacial score (nSPS) is 13.0. The molecule has 2 heterocycles. The summed E-state index contributed by atoms with van der Waals surface area (Å²) in [6.07, 6.45) is -3.28. The lowest BCUT2D eigenvalue weighted by Crippen LogP contribution is -2.33. The summed E-state index contributed by atoms with van der Waals surface area (Å²) in [7, 11) is 0. The SMILES string of the molecule is CCCCOCc1nc2cc(C(F)(F)C(F)(F)F)cnc2s1. The van der Waals surface area contributed by atoms with E-state index in [0.29, 0.717) is 22.6 Å². The highest BCUT2D eigenvalue weighted by Crippen LogP contribution is 2.44. The number of pyridine rings is 1. The van der Waals surface area contributed by atoms with E-state index in [1.165, 1.54) is 0 Å². The fraction of sp³-hybridized carbons (Fsp3) is 0.538. The molecule has 0 spiro atoms. The third-order valence-electron chi connectivity index (χ3n) is 2.88. The van der Waals surface area contributed by atoms with Gasteiger partial charge in [0.25, 0.3) is 0 Å². The topological polar surface area (TPSA) is 35.0 Å². The highest BCUT2D eigenvalue weighted by atomic mass is 32.1. The van der Waals surface area contributed by atoms with E-state index in [0.717, 1.165) is 30.2 Å². The van der Waals surface area contributed by atoms with Crippen LogP contribution in [-0.4, -0.2) is 22.8 Å². The molecule has 0 atom stereocenters. The van der Waals surface area contributed by atoms with E-state index < -0.39 is 17.7 Å². The van der Waals surface area contributed by atoms with Crippen LogP contribution in [0.15, 0.2) is 12.3 Å². The van der Waals surface area contributed by atoms with Crippen molar-refractivity contribution in [3.8, 4) is 0 Å². The van der Waals surface area contributed by atoms with E-state index in [1.54, 1.807) is 0 Å². The summed E-state index contributed by atoms with van der Waals surface area (Å²) in [6, 6.07) is 0.724. The van der Waals surface area contributed by atoms with E-state index in [9.17, 15) is 22.0 Å². The van der Waals surface area contributed by atoms with E-state index in [2.05, 4.69) is 9.97 Å². The molecule has 22 heavy (non-hydrogen) atoms. The number of hydrogen-bond donors (Lipinski definition) is 0. The van der Waals surface area contributed by atoms with Crippen LogP contribution in [0, 0.1) is 0 Å². The molecule has 2 aromatic rings. The molecular formula is C13H13F5N2OS. The maximum atomic E-state index is 13.3. The van der Waals surface area contributed by atoms with Gasteiger partial charge in [-0.05, 0) is 12.5 Å². The van der Waals surface area contributed by atoms with Crippen molar-refractivity contribution in [3.05, 3.63) is 22.8 Å². The minimum atomic E-state index is -5.66. The van der Waals surface area contributed by atoms with Gasteiger partial charge in [-0.3, -0.25) is 0 Å². The van der Waals surface area contributed by atoms with Gasteiger partial charge in [-0.1, -0.05) is 24.7 Å². The molecule has 0 amide bonds. The zero-order valence-corrected chi connectivity index (χ0v) is 12.4. The van der Waals surface area contributed by atoms with E-state index >= 15 is 0 Å². The second-order valence-electron chi connectivity index (χ2n) is 4.63. The predicted molar refractivity (Wildman–Crippen MR) is 71.9 cm³/mol. The minimum absolute atomic E-state index is 0.0144. The number of thiazole rings is 1. The van der Waals surface area contributed by atoms with Crippen molar-refractivity contribution in [3.63, 3.8) is 0 Å². The molecular weight excluding hydrogens is 327 g/mol. The van der Waals surface area contributed by atoms with Crippen molar-refractivity contribution in [2.75, 3.05) is 6.61 Å². The van der Waals surface area contributed by atoms with Gasteiger partial charge in [0, 0.05) is 12.8 Å². The lowest BCUT2D eigenvalue weighted by molar-refractivity contribution is -0.289. The first kappa shape index (κ1) is 17.0. The van der Waals surface area contributed by atoms with Crippen LogP contribution in [0.5, 0.6) is 0 Å². The van der Waals surface area contributed by atoms with E-state index in [4.69, 9.17) is 4.74 Å². The predicted octanol–water partition coefficient (Wildman–Crippen LogP) is 4.66. The Morgan fingerprint density at radius 2 is 1.95 bits per heavy atom. The Morgan fingerprint density at radius 1 is 1.23 bits per heavy atom. The average molecular weight is 340 g/mol. The van der Waals surface area contributed by atoms with Gasteiger partial charge in [-0.25, -0.2) is 9.97 Å². The molecule has 0 aliphatic carbocycles. The lowest BCUT2D eigenvalue weighted by Gasteiger charge is -2.19. The smallest absolute Gasteiger partial charge is 0.374 e. The number of aromatic nitrogens is 2. The summed E-state index contributed by atoms with van der Waals surface area (Å²) in [5.74, 6) is -4.95. The fourth-order valence-corrected chi connectivity index (χ4v) is 2.50. The highest BCUT2D eigenvalue weighted by Gasteiger charge is 2.59. The van der Waals surface area contributed by atoms with Gasteiger partial charge in [0.05, 0.1) is 12.2 Å². The van der Waals surface area contributed by atoms with Crippen LogP contribution in [0.3, 0.4) is 0 Å². The second kappa shape index (κ2) is 6.41. The van der Waals surface area contributed by atoms with Crippen LogP contribution in [0.1, 0.15) is 30.3 Å². The molecule has 122 valence electrons. The molecule has 3 nitrogen and oxygen atoms in total. The first-order valence-electron chi connectivity index (χ1n) is 6.54. The molecule has 0 aromatic carbocycles. The van der Waals surface area contributed by atoms with Gasteiger partial charge in [0.15, 0.2) is 0 Å². The largest absolute Gasteiger partial charge is 0.458 e. The Hall–Kier alpha value is -1.35. The lowest BCUT2D eigenvalue weighted by atomic mass is 10.1. The highest BCUT2D eigenvalue weighted by molar-refractivity contribution is 7.18. The molecule has 2 rings (SSSR count). The summed E-state index contributed by atoms with van der Waals surface area (Å²) >= 11 is 1.11. The minimum Gasteiger partial charge on any atom is -0.374 e.